The van der Waals surface area contributed by atoms with E-state index in [4.69, 9.17) is 4.74 Å². The van der Waals surface area contributed by atoms with Gasteiger partial charge in [0.1, 0.15) is 18.3 Å². The smallest absolute Gasteiger partial charge is 0.437 e. The highest BCUT2D eigenvalue weighted by atomic mass is 19.4. The number of alkyl halides is 6. The number of piperazine rings is 1. The van der Waals surface area contributed by atoms with Crippen molar-refractivity contribution < 1.29 is 35.9 Å². The number of nitrogens with zero attached hydrogens (tertiary/aromatic N) is 6. The Kier molecular flexibility index (Phi) is 6.31. The third-order valence-corrected chi connectivity index (χ3v) is 5.65. The van der Waals surface area contributed by atoms with Crippen LogP contribution in [-0.4, -0.2) is 82.6 Å². The molecule has 1 atom stereocenters. The summed E-state index contributed by atoms with van der Waals surface area (Å²) in [4.78, 5) is 22.1. The minimum Gasteiger partial charge on any atom is -0.492 e. The molecule has 0 aromatic carbocycles. The summed E-state index contributed by atoms with van der Waals surface area (Å²) in [6.45, 7) is 2.02. The molecule has 9 nitrogen and oxygen atoms in total. The lowest BCUT2D eigenvalue weighted by atomic mass is 10.0. The molecule has 2 aliphatic heterocycles. The van der Waals surface area contributed by atoms with Crippen molar-refractivity contribution in [2.75, 3.05) is 44.7 Å². The van der Waals surface area contributed by atoms with Crippen LogP contribution < -0.4 is 15.0 Å². The molecule has 0 spiro atoms. The number of halogens is 6. The number of carbonyl (C=O) groups is 1. The Balaban J connectivity index is 1.69. The van der Waals surface area contributed by atoms with E-state index >= 15 is 0 Å². The topological polar surface area (TPSA) is 88.4 Å². The van der Waals surface area contributed by atoms with E-state index in [0.717, 1.165) is 7.11 Å². The fraction of sp³-hybridized carbons (Fsp3) is 0.579. The average Bonchev–Trinajstić information content (AvgIpc) is 3.19. The number of anilines is 1. The zero-order chi connectivity index (χ0) is 24.7. The second-order valence-corrected chi connectivity index (χ2v) is 7.85. The van der Waals surface area contributed by atoms with Crippen LogP contribution in [0.3, 0.4) is 0 Å². The predicted octanol–water partition coefficient (Wildman–Crippen LogP) is 1.94. The van der Waals surface area contributed by atoms with Crippen molar-refractivity contribution in [3.8, 4) is 17.0 Å². The van der Waals surface area contributed by atoms with Gasteiger partial charge in [-0.3, -0.25) is 9.48 Å². The van der Waals surface area contributed by atoms with Crippen molar-refractivity contribution in [3.63, 3.8) is 0 Å². The van der Waals surface area contributed by atoms with Crippen LogP contribution in [0.15, 0.2) is 12.4 Å². The molecule has 2 aliphatic rings. The fourth-order valence-electron chi connectivity index (χ4n) is 3.84. The largest absolute Gasteiger partial charge is 0.492 e. The van der Waals surface area contributed by atoms with E-state index < -0.39 is 35.8 Å². The van der Waals surface area contributed by atoms with Gasteiger partial charge in [-0.25, -0.2) is 9.97 Å². The first kappa shape index (κ1) is 24.0. The number of aromatic nitrogens is 4. The predicted molar refractivity (Wildman–Crippen MR) is 106 cm³/mol. The molecule has 2 saturated heterocycles. The van der Waals surface area contributed by atoms with Crippen LogP contribution in [-0.2, 0) is 17.5 Å². The zero-order valence-corrected chi connectivity index (χ0v) is 17.9. The van der Waals surface area contributed by atoms with Crippen LogP contribution in [0.5, 0.6) is 5.75 Å². The van der Waals surface area contributed by atoms with Gasteiger partial charge in [0.25, 0.3) is 0 Å². The van der Waals surface area contributed by atoms with Gasteiger partial charge in [-0.2, -0.15) is 31.4 Å². The Hall–Kier alpha value is -3.10. The van der Waals surface area contributed by atoms with Crippen molar-refractivity contribution in [2.45, 2.75) is 31.4 Å². The van der Waals surface area contributed by atoms with Gasteiger partial charge in [-0.05, 0) is 6.42 Å². The number of carbonyl (C=O) groups excluding carboxylic acids is 1. The average molecular weight is 493 g/mol. The molecule has 4 heterocycles. The molecule has 1 N–H and O–H groups in total. The monoisotopic (exact) mass is 493 g/mol. The Morgan fingerprint density at radius 1 is 1.15 bits per heavy atom. The number of methoxy groups -OCH3 is 1. The maximum absolute atomic E-state index is 13.7. The van der Waals surface area contributed by atoms with E-state index in [0.29, 0.717) is 31.1 Å². The quantitative estimate of drug-likeness (QED) is 0.637. The third-order valence-electron chi connectivity index (χ3n) is 5.65. The molecule has 2 aromatic heterocycles. The summed E-state index contributed by atoms with van der Waals surface area (Å²) in [5, 5.41) is 7.13. The minimum absolute atomic E-state index is 0.0446. The summed E-state index contributed by atoms with van der Waals surface area (Å²) >= 11 is 0. The summed E-state index contributed by atoms with van der Waals surface area (Å²) in [5.74, 6) is -1.68. The molecule has 15 heteroatoms. The molecule has 4 rings (SSSR count). The lowest BCUT2D eigenvalue weighted by Gasteiger charge is -2.42. The lowest BCUT2D eigenvalue weighted by Crippen LogP contribution is -2.56. The normalized spacial score (nSPS) is 19.2. The summed E-state index contributed by atoms with van der Waals surface area (Å²) < 4.78 is 87.0. The molecular formula is C19H21F6N7O2. The van der Waals surface area contributed by atoms with Gasteiger partial charge in [-0.15, -0.1) is 0 Å². The fourth-order valence-corrected chi connectivity index (χ4v) is 3.84. The highest BCUT2D eigenvalue weighted by Gasteiger charge is 2.50. The lowest BCUT2D eigenvalue weighted by molar-refractivity contribution is -0.160. The number of hydrogen-bond acceptors (Lipinski definition) is 7. The van der Waals surface area contributed by atoms with E-state index in [1.165, 1.54) is 17.1 Å². The Labute approximate surface area is 189 Å². The summed E-state index contributed by atoms with van der Waals surface area (Å²) in [6.07, 6.45) is -7.45. The maximum atomic E-state index is 13.7. The molecular weight excluding hydrogens is 472 g/mol. The SMILES string of the molecule is COc1c(-c2cnn(CC(=O)N3CCNCC3)c2)nc(N2CC[C@@H]2C(F)(F)F)nc1C(F)(F)F. The zero-order valence-electron chi connectivity index (χ0n) is 17.9. The van der Waals surface area contributed by atoms with E-state index in [2.05, 4.69) is 20.4 Å². The van der Waals surface area contributed by atoms with E-state index in [1.807, 2.05) is 0 Å². The molecule has 1 amide bonds. The summed E-state index contributed by atoms with van der Waals surface area (Å²) in [5.41, 5.74) is -1.82. The van der Waals surface area contributed by atoms with Gasteiger partial charge in [0.2, 0.25) is 11.9 Å². The molecule has 0 radical (unpaired) electrons. The van der Waals surface area contributed by atoms with Crippen LogP contribution in [0.2, 0.25) is 0 Å². The van der Waals surface area contributed by atoms with Crippen molar-refractivity contribution in [1.29, 1.82) is 0 Å². The van der Waals surface area contributed by atoms with Crippen LogP contribution in [0.4, 0.5) is 32.3 Å². The minimum atomic E-state index is -5.01. The van der Waals surface area contributed by atoms with E-state index in [1.54, 1.807) is 4.90 Å². The van der Waals surface area contributed by atoms with E-state index in [-0.39, 0.29) is 36.7 Å². The number of nitrogens with one attached hydrogen (secondary N) is 1. The van der Waals surface area contributed by atoms with Crippen molar-refractivity contribution >= 4 is 11.9 Å². The molecule has 2 aromatic rings. The Morgan fingerprint density at radius 3 is 2.41 bits per heavy atom. The van der Waals surface area contributed by atoms with Crippen molar-refractivity contribution in [1.82, 2.24) is 30.0 Å². The molecule has 0 aliphatic carbocycles. The van der Waals surface area contributed by atoms with Gasteiger partial charge in [0, 0.05) is 44.5 Å². The first-order valence-electron chi connectivity index (χ1n) is 10.4. The second-order valence-electron chi connectivity index (χ2n) is 7.85. The molecule has 0 unspecified atom stereocenters. The molecule has 186 valence electrons. The summed E-state index contributed by atoms with van der Waals surface area (Å²) in [6, 6.07) is -1.98. The standard InChI is InChI=1S/C19H21F6N7O2/c1-34-15-14(11-8-27-31(9-11)10-13(33)30-6-3-26-4-7-30)28-17(29-16(15)19(23,24)25)32-5-2-12(32)18(20,21)22/h8-9,12,26H,2-7,10H2,1H3/t12-/m1/s1. The highest BCUT2D eigenvalue weighted by molar-refractivity contribution is 5.76. The van der Waals surface area contributed by atoms with Gasteiger partial charge in [0.15, 0.2) is 11.4 Å². The van der Waals surface area contributed by atoms with Crippen LogP contribution in [0.25, 0.3) is 11.3 Å². The number of hydrogen-bond donors (Lipinski definition) is 1. The van der Waals surface area contributed by atoms with Gasteiger partial charge in [0.05, 0.1) is 13.3 Å². The number of rotatable bonds is 5. The number of amides is 1. The highest BCUT2D eigenvalue weighted by Crippen LogP contribution is 2.43. The van der Waals surface area contributed by atoms with Crippen LogP contribution >= 0.6 is 0 Å². The Bertz CT molecular complexity index is 1050. The van der Waals surface area contributed by atoms with Gasteiger partial charge in [-0.1, -0.05) is 0 Å². The third kappa shape index (κ3) is 4.74. The number of ether oxygens (including phenoxy) is 1. The Morgan fingerprint density at radius 2 is 1.85 bits per heavy atom. The van der Waals surface area contributed by atoms with Gasteiger partial charge < -0.3 is 19.9 Å². The molecule has 0 saturated carbocycles. The molecule has 0 bridgehead atoms. The van der Waals surface area contributed by atoms with Crippen molar-refractivity contribution in [3.05, 3.63) is 18.1 Å². The second kappa shape index (κ2) is 8.92. The maximum Gasteiger partial charge on any atom is 0.437 e. The summed E-state index contributed by atoms with van der Waals surface area (Å²) in [7, 11) is 0.984. The van der Waals surface area contributed by atoms with Crippen LogP contribution in [0.1, 0.15) is 12.1 Å². The first-order chi connectivity index (χ1) is 16.0. The van der Waals surface area contributed by atoms with Crippen LogP contribution in [0, 0.1) is 0 Å². The van der Waals surface area contributed by atoms with Gasteiger partial charge >= 0.3 is 12.4 Å². The van der Waals surface area contributed by atoms with E-state index in [9.17, 15) is 31.1 Å². The molecule has 2 fully saturated rings. The van der Waals surface area contributed by atoms with Crippen molar-refractivity contribution in [2.24, 2.45) is 0 Å². The first-order valence-corrected chi connectivity index (χ1v) is 10.4. The molecule has 34 heavy (non-hydrogen) atoms.